The maximum Gasteiger partial charge on any atom is 0.319 e. The van der Waals surface area contributed by atoms with Crippen LogP contribution in [0.1, 0.15) is 44.6 Å². The van der Waals surface area contributed by atoms with Gasteiger partial charge >= 0.3 is 6.01 Å². The Bertz CT molecular complexity index is 1890. The van der Waals surface area contributed by atoms with Gasteiger partial charge in [-0.2, -0.15) is 15.1 Å². The first-order valence-electron chi connectivity index (χ1n) is 17.2. The number of hydrogen-bond acceptors (Lipinski definition) is 11. The molecule has 49 heavy (non-hydrogen) atoms. The zero-order chi connectivity index (χ0) is 33.9. The number of aromatic amines is 1. The Hall–Kier alpha value is -3.36. The number of nitrogens with one attached hydrogen (secondary N) is 1. The number of hydrogen-bond donors (Lipinski definition) is 2. The molecule has 3 atom stereocenters. The number of aliphatic hydroxyl groups is 1. The van der Waals surface area contributed by atoms with Gasteiger partial charge in [-0.05, 0) is 57.7 Å². The van der Waals surface area contributed by atoms with Crippen LogP contribution in [-0.2, 0) is 9.47 Å². The predicted molar refractivity (Wildman–Crippen MR) is 183 cm³/mol. The Labute approximate surface area is 289 Å². The molecule has 0 amide bonds. The minimum absolute atomic E-state index is 0.0124. The van der Waals surface area contributed by atoms with Crippen LogP contribution >= 0.6 is 11.6 Å². The summed E-state index contributed by atoms with van der Waals surface area (Å²) in [4.78, 5) is 18.9. The Morgan fingerprint density at radius 2 is 2.00 bits per heavy atom. The number of methoxy groups -OCH3 is 1. The number of benzene rings is 1. The lowest BCUT2D eigenvalue weighted by atomic mass is 9.75. The van der Waals surface area contributed by atoms with E-state index in [9.17, 15) is 5.11 Å². The summed E-state index contributed by atoms with van der Waals surface area (Å²) >= 11 is 6.62. The van der Waals surface area contributed by atoms with Crippen LogP contribution in [0, 0.1) is 24.1 Å². The second kappa shape index (κ2) is 12.8. The van der Waals surface area contributed by atoms with E-state index >= 15 is 4.39 Å². The van der Waals surface area contributed by atoms with Crippen LogP contribution in [0.4, 0.5) is 10.2 Å². The van der Waals surface area contributed by atoms with Gasteiger partial charge in [-0.1, -0.05) is 18.0 Å². The van der Waals surface area contributed by atoms with E-state index in [1.165, 1.54) is 7.11 Å². The highest BCUT2D eigenvalue weighted by atomic mass is 35.5. The lowest BCUT2D eigenvalue weighted by molar-refractivity contribution is -0.0731. The smallest absolute Gasteiger partial charge is 0.319 e. The van der Waals surface area contributed by atoms with Crippen molar-refractivity contribution < 1.29 is 28.4 Å². The highest BCUT2D eigenvalue weighted by Gasteiger charge is 2.49. The number of rotatable bonds is 8. The van der Waals surface area contributed by atoms with E-state index in [4.69, 9.17) is 45.5 Å². The van der Waals surface area contributed by atoms with Crippen molar-refractivity contribution in [1.29, 1.82) is 0 Å². The fraction of sp³-hybridized carbons (Fsp3) is 0.600. The van der Waals surface area contributed by atoms with Crippen LogP contribution in [-0.4, -0.2) is 113 Å². The molecular formula is C35H43ClFN7O5. The molecule has 1 aromatic carbocycles. The van der Waals surface area contributed by atoms with E-state index < -0.39 is 11.4 Å². The summed E-state index contributed by atoms with van der Waals surface area (Å²) < 4.78 is 40.8. The number of ether oxygens (including phenoxy) is 4. The third-order valence-electron chi connectivity index (χ3n) is 10.9. The minimum atomic E-state index is -1.17. The van der Waals surface area contributed by atoms with Crippen molar-refractivity contribution >= 4 is 39.2 Å². The standard InChI is InChI=1S/C35H43ClFN7O5/c1-20-23(36)12-24-22(13-38-42-24)26(20)29-28(37)30-27(32(39-29)46-3)31(44-10-11-47-18-34(2,45)17-44)41-33(40-30)49-19-35-7-4-6-25(35)43(9-5-8-35)14-21-15-48-16-21/h12-13,21,25,45H,4-11,14-19H2,1-3H3,(H,38,42)/t25-,34+,35?/m1/s1. The van der Waals surface area contributed by atoms with Crippen LogP contribution < -0.4 is 14.4 Å². The zero-order valence-corrected chi connectivity index (χ0v) is 29.0. The van der Waals surface area contributed by atoms with Gasteiger partial charge in [0.25, 0.3) is 0 Å². The Morgan fingerprint density at radius 1 is 1.16 bits per heavy atom. The Morgan fingerprint density at radius 3 is 2.80 bits per heavy atom. The molecular weight excluding hydrogens is 653 g/mol. The number of β-amino-alcohol motifs (C(OH)–C–C–N with tert-alkyl or cyclic N) is 1. The van der Waals surface area contributed by atoms with Gasteiger partial charge in [0.05, 0.1) is 58.4 Å². The molecule has 262 valence electrons. The summed E-state index contributed by atoms with van der Waals surface area (Å²) in [6, 6.07) is 2.25. The third-order valence-corrected chi connectivity index (χ3v) is 11.3. The van der Waals surface area contributed by atoms with E-state index in [1.54, 1.807) is 19.2 Å². The normalized spacial score (nSPS) is 26.6. The first-order valence-corrected chi connectivity index (χ1v) is 17.6. The molecule has 3 saturated heterocycles. The molecule has 4 fully saturated rings. The lowest BCUT2D eigenvalue weighted by Gasteiger charge is -2.48. The summed E-state index contributed by atoms with van der Waals surface area (Å²) in [5.41, 5.74) is 0.638. The van der Waals surface area contributed by atoms with Crippen molar-refractivity contribution in [2.24, 2.45) is 11.3 Å². The van der Waals surface area contributed by atoms with Crippen LogP contribution in [0.5, 0.6) is 11.9 Å². The van der Waals surface area contributed by atoms with Gasteiger partial charge in [-0.15, -0.1) is 0 Å². The summed E-state index contributed by atoms with van der Waals surface area (Å²) in [5.74, 6) is 0.447. The van der Waals surface area contributed by atoms with Gasteiger partial charge in [0, 0.05) is 46.4 Å². The van der Waals surface area contributed by atoms with E-state index in [2.05, 4.69) is 15.1 Å². The van der Waals surface area contributed by atoms with E-state index in [-0.39, 0.29) is 41.7 Å². The van der Waals surface area contributed by atoms with Gasteiger partial charge in [0.15, 0.2) is 5.82 Å². The van der Waals surface area contributed by atoms with Crippen LogP contribution in [0.3, 0.4) is 0 Å². The summed E-state index contributed by atoms with van der Waals surface area (Å²) in [6.07, 6.45) is 7.13. The number of fused-ring (bicyclic) bond motifs is 3. The van der Waals surface area contributed by atoms with Crippen molar-refractivity contribution in [3.8, 4) is 23.1 Å². The average molecular weight is 696 g/mol. The number of anilines is 1. The Balaban J connectivity index is 1.24. The molecule has 0 radical (unpaired) electrons. The maximum absolute atomic E-state index is 17.1. The molecule has 14 heteroatoms. The fourth-order valence-corrected chi connectivity index (χ4v) is 8.72. The topological polar surface area (TPSA) is 131 Å². The highest BCUT2D eigenvalue weighted by Crippen LogP contribution is 2.49. The van der Waals surface area contributed by atoms with E-state index in [0.29, 0.717) is 70.0 Å². The quantitative estimate of drug-likeness (QED) is 0.260. The van der Waals surface area contributed by atoms with Crippen molar-refractivity contribution in [2.75, 3.05) is 71.2 Å². The number of aromatic nitrogens is 5. The minimum Gasteiger partial charge on any atom is -0.480 e. The van der Waals surface area contributed by atoms with Crippen LogP contribution in [0.15, 0.2) is 12.3 Å². The van der Waals surface area contributed by atoms with Crippen molar-refractivity contribution in [2.45, 2.75) is 57.6 Å². The largest absolute Gasteiger partial charge is 0.480 e. The first-order chi connectivity index (χ1) is 23.7. The van der Waals surface area contributed by atoms with Crippen LogP contribution in [0.25, 0.3) is 33.1 Å². The van der Waals surface area contributed by atoms with Crippen molar-refractivity contribution in [1.82, 2.24) is 30.0 Å². The number of H-pyrrole nitrogens is 1. The first kappa shape index (κ1) is 32.8. The van der Waals surface area contributed by atoms with E-state index in [0.717, 1.165) is 58.4 Å². The molecule has 0 bridgehead atoms. The molecule has 8 rings (SSSR count). The number of likely N-dealkylation sites (tertiary alicyclic amines) is 1. The summed E-state index contributed by atoms with van der Waals surface area (Å²) in [6.45, 7) is 8.88. The van der Waals surface area contributed by atoms with Gasteiger partial charge in [0.1, 0.15) is 28.0 Å². The third kappa shape index (κ3) is 5.86. The zero-order valence-electron chi connectivity index (χ0n) is 28.2. The molecule has 4 aromatic rings. The number of nitrogens with zero attached hydrogens (tertiary/aromatic N) is 6. The predicted octanol–water partition coefficient (Wildman–Crippen LogP) is 4.93. The molecule has 12 nitrogen and oxygen atoms in total. The maximum atomic E-state index is 17.1. The summed E-state index contributed by atoms with van der Waals surface area (Å²) in [5, 5.41) is 19.6. The highest BCUT2D eigenvalue weighted by molar-refractivity contribution is 6.33. The molecule has 3 aromatic heterocycles. The summed E-state index contributed by atoms with van der Waals surface area (Å²) in [7, 11) is 1.49. The van der Waals surface area contributed by atoms with Crippen molar-refractivity contribution in [3.05, 3.63) is 28.7 Å². The second-order valence-corrected chi connectivity index (χ2v) is 15.0. The van der Waals surface area contributed by atoms with Crippen LogP contribution in [0.2, 0.25) is 5.02 Å². The van der Waals surface area contributed by atoms with Crippen molar-refractivity contribution in [3.63, 3.8) is 0 Å². The second-order valence-electron chi connectivity index (χ2n) is 14.6. The van der Waals surface area contributed by atoms with Gasteiger partial charge in [-0.25, -0.2) is 9.37 Å². The number of halogens is 2. The lowest BCUT2D eigenvalue weighted by Crippen LogP contribution is -2.54. The Kier molecular flexibility index (Phi) is 8.54. The molecule has 0 spiro atoms. The van der Waals surface area contributed by atoms with Gasteiger partial charge < -0.3 is 29.0 Å². The van der Waals surface area contributed by atoms with Gasteiger partial charge in [0.2, 0.25) is 5.88 Å². The molecule has 3 aliphatic heterocycles. The van der Waals surface area contributed by atoms with Gasteiger partial charge in [-0.3, -0.25) is 10.00 Å². The SMILES string of the molecule is COc1nc(-c2c(C)c(Cl)cc3[nH]ncc23)c(F)c2nc(OCC34CCC[C@H]3N(CC3COC3)CCC4)nc(N3CCOC[C@@](C)(O)C3)c12. The monoisotopic (exact) mass is 695 g/mol. The molecule has 1 aliphatic carbocycles. The molecule has 1 unspecified atom stereocenters. The van der Waals surface area contributed by atoms with E-state index in [1.807, 2.05) is 11.8 Å². The molecule has 6 heterocycles. The molecule has 4 aliphatic rings. The number of piperidine rings is 1. The molecule has 1 saturated carbocycles. The fourth-order valence-electron chi connectivity index (χ4n) is 8.52. The number of pyridine rings is 1. The average Bonchev–Trinajstić information content (AvgIpc) is 3.67. The molecule has 2 N–H and O–H groups in total.